The highest BCUT2D eigenvalue weighted by Crippen LogP contribution is 2.58. The van der Waals surface area contributed by atoms with E-state index in [1.807, 2.05) is 0 Å². The Balaban J connectivity index is 1.05. The fourth-order valence-corrected chi connectivity index (χ4v) is 14.7. The van der Waals surface area contributed by atoms with Crippen molar-refractivity contribution in [3.63, 3.8) is 0 Å². The molecule has 14 aromatic rings. The fourth-order valence-electron chi connectivity index (χ4n) is 14.7. The monoisotopic (exact) mass is 1410 g/mol. The predicted octanol–water partition coefficient (Wildman–Crippen LogP) is 28.0. The largest absolute Gasteiger partial charge is 0.418 e. The van der Waals surface area contributed by atoms with Gasteiger partial charge in [-0.05, 0) is 181 Å². The first-order chi connectivity index (χ1) is 48.9. The van der Waals surface area contributed by atoms with E-state index in [-0.39, 0.29) is 58.1 Å². The van der Waals surface area contributed by atoms with E-state index in [0.717, 1.165) is 23.6 Å². The molecule has 0 radical (unpaired) electrons. The molecule has 0 fully saturated rings. The number of nitrogens with zero attached hydrogens (tertiary/aromatic N) is 1. The summed E-state index contributed by atoms with van der Waals surface area (Å²) >= 11 is 0. The van der Waals surface area contributed by atoms with Crippen LogP contribution in [0, 0.1) is 0 Å². The van der Waals surface area contributed by atoms with Crippen LogP contribution in [0.3, 0.4) is 0 Å². The van der Waals surface area contributed by atoms with Crippen LogP contribution in [0.1, 0.15) is 50.9 Å². The van der Waals surface area contributed by atoms with Crippen LogP contribution in [0.5, 0.6) is 0 Å². The van der Waals surface area contributed by atoms with Gasteiger partial charge in [0.05, 0.1) is 50.4 Å². The molecule has 0 aromatic heterocycles. The maximum absolute atomic E-state index is 16.8. The number of allylic oxidation sites excluding steroid dienone is 1. The SMILES string of the molecule is FC(F)(F)c1cc(N(c2cc(C(F)(F)F)c(-c3ccc(-c4cccc5ccccc45)c4ccccc34)cc2C(F)(F)F)c2cc(C(F)(F)F)c(-c3ccc(-c4cccc5ccccc45)c4ccccc34)cc2C(F)(F)F)c(C(F)(F)F)cc1-c1ccc(-c2cccc3ccccc23)c2c1C=CCC2. The van der Waals surface area contributed by atoms with Gasteiger partial charge in [-0.2, -0.15) is 79.0 Å². The van der Waals surface area contributed by atoms with Crippen molar-refractivity contribution in [3.8, 4) is 66.8 Å². The van der Waals surface area contributed by atoms with Gasteiger partial charge in [-0.1, -0.05) is 224 Å². The van der Waals surface area contributed by atoms with E-state index in [4.69, 9.17) is 0 Å². The summed E-state index contributed by atoms with van der Waals surface area (Å²) in [5.74, 6) is 0. The number of hydrogen-bond donors (Lipinski definition) is 0. The van der Waals surface area contributed by atoms with Crippen molar-refractivity contribution in [2.45, 2.75) is 49.9 Å². The first-order valence-electron chi connectivity index (χ1n) is 32.0. The van der Waals surface area contributed by atoms with E-state index in [2.05, 4.69) is 0 Å². The third kappa shape index (κ3) is 12.0. The maximum atomic E-state index is 16.8. The topological polar surface area (TPSA) is 3.24 Å². The van der Waals surface area contributed by atoms with Crippen LogP contribution in [0.25, 0.3) is 127 Å². The highest BCUT2D eigenvalue weighted by Gasteiger charge is 2.49. The normalized spacial score (nSPS) is 13.2. The lowest BCUT2D eigenvalue weighted by Crippen LogP contribution is -2.26. The molecule has 514 valence electrons. The van der Waals surface area contributed by atoms with Crippen LogP contribution in [-0.4, -0.2) is 0 Å². The van der Waals surface area contributed by atoms with E-state index in [9.17, 15) is 0 Å². The average molecular weight is 1410 g/mol. The highest BCUT2D eigenvalue weighted by molar-refractivity contribution is 6.12. The van der Waals surface area contributed by atoms with Crippen LogP contribution in [-0.2, 0) is 43.5 Å². The molecule has 0 saturated carbocycles. The number of alkyl halides is 18. The average Bonchev–Trinajstić information content (AvgIpc) is 0.722. The summed E-state index contributed by atoms with van der Waals surface area (Å²) in [6.45, 7) is 0. The first kappa shape index (κ1) is 67.5. The molecule has 19 heteroatoms. The smallest absolute Gasteiger partial charge is 0.309 e. The third-order valence-corrected chi connectivity index (χ3v) is 19.1. The Kier molecular flexibility index (Phi) is 16.2. The number of hydrogen-bond acceptors (Lipinski definition) is 1. The van der Waals surface area contributed by atoms with Gasteiger partial charge in [0.25, 0.3) is 0 Å². The third-order valence-electron chi connectivity index (χ3n) is 19.1. The lowest BCUT2D eigenvalue weighted by atomic mass is 9.82. The van der Waals surface area contributed by atoms with Gasteiger partial charge in [-0.15, -0.1) is 0 Å². The standard InChI is InChI=1S/C84H47F18N/c85-79(86,87)70-43-76(73(82(94,95)96)40-67(70)64-37-34-61(55-25-7-10-28-58(55)64)52-31-13-19-46-16-1-4-22-49(46)52)103(77-44-71(80(88,89)90)68(41-74(77)83(97,98)99)65-38-35-62(56-26-8-11-29-59(56)65)53-32-14-20-47-17-2-5-23-50(47)53)78-45-72(81(91,92)93)69(42-75(78)84(100,101)102)66-39-36-63(57-27-9-12-30-60(57)66)54-33-15-21-48-18-3-6-24-51(48)54/h1-8,10-26,28-45H,9,27H2. The Morgan fingerprint density at radius 1 is 0.223 bits per heavy atom. The molecule has 15 rings (SSSR count). The lowest BCUT2D eigenvalue weighted by Gasteiger charge is -2.35. The van der Waals surface area contributed by atoms with Crippen molar-refractivity contribution in [1.29, 1.82) is 0 Å². The Bertz CT molecular complexity index is 5550. The van der Waals surface area contributed by atoms with Crippen LogP contribution in [0.15, 0.2) is 255 Å². The van der Waals surface area contributed by atoms with Crippen molar-refractivity contribution in [2.24, 2.45) is 0 Å². The van der Waals surface area contributed by atoms with Gasteiger partial charge >= 0.3 is 37.1 Å². The van der Waals surface area contributed by atoms with Crippen molar-refractivity contribution in [1.82, 2.24) is 0 Å². The molecule has 1 nitrogen and oxygen atoms in total. The number of halogens is 18. The summed E-state index contributed by atoms with van der Waals surface area (Å²) < 4.78 is 300. The fraction of sp³-hybridized carbons (Fsp3) is 0.0952. The summed E-state index contributed by atoms with van der Waals surface area (Å²) in [6.07, 6.45) is -33.4. The minimum absolute atomic E-state index is 0.0789. The van der Waals surface area contributed by atoms with E-state index in [0.29, 0.717) is 65.9 Å². The minimum Gasteiger partial charge on any atom is -0.309 e. The molecule has 0 saturated heterocycles. The van der Waals surface area contributed by atoms with E-state index in [1.165, 1.54) is 78.9 Å². The Morgan fingerprint density at radius 3 is 0.806 bits per heavy atom. The molecule has 0 aliphatic heterocycles. The quantitative estimate of drug-likeness (QED) is 0.130. The summed E-state index contributed by atoms with van der Waals surface area (Å²) in [6, 6.07) is 52.3. The van der Waals surface area contributed by atoms with E-state index < -0.39 is 144 Å². The van der Waals surface area contributed by atoms with Gasteiger partial charge in [-0.3, -0.25) is 0 Å². The second kappa shape index (κ2) is 24.7. The second-order valence-corrected chi connectivity index (χ2v) is 25.1. The molecule has 0 N–H and O–H groups in total. The van der Waals surface area contributed by atoms with Gasteiger partial charge in [0.15, 0.2) is 0 Å². The number of anilines is 3. The predicted molar refractivity (Wildman–Crippen MR) is 369 cm³/mol. The maximum Gasteiger partial charge on any atom is 0.418 e. The molecule has 0 atom stereocenters. The van der Waals surface area contributed by atoms with Crippen LogP contribution >= 0.6 is 0 Å². The molecule has 0 amide bonds. The molecule has 0 spiro atoms. The first-order valence-corrected chi connectivity index (χ1v) is 32.0. The molecule has 0 unspecified atom stereocenters. The van der Waals surface area contributed by atoms with Crippen LogP contribution < -0.4 is 4.90 Å². The molecular weight excluding hydrogens is 1360 g/mol. The Hall–Kier alpha value is -11.3. The molecule has 1 aliphatic carbocycles. The second-order valence-electron chi connectivity index (χ2n) is 25.1. The van der Waals surface area contributed by atoms with E-state index in [1.54, 1.807) is 127 Å². The van der Waals surface area contributed by atoms with Gasteiger partial charge in [0, 0.05) is 0 Å². The van der Waals surface area contributed by atoms with Crippen LogP contribution in [0.4, 0.5) is 96.1 Å². The zero-order chi connectivity index (χ0) is 72.4. The Morgan fingerprint density at radius 2 is 0.476 bits per heavy atom. The van der Waals surface area contributed by atoms with Crippen molar-refractivity contribution < 1.29 is 79.0 Å². The molecule has 103 heavy (non-hydrogen) atoms. The van der Waals surface area contributed by atoms with Crippen molar-refractivity contribution in [2.75, 3.05) is 4.90 Å². The van der Waals surface area contributed by atoms with Crippen LogP contribution in [0.2, 0.25) is 0 Å². The number of fused-ring (bicyclic) bond motifs is 6. The number of rotatable bonds is 9. The summed E-state index contributed by atoms with van der Waals surface area (Å²) in [7, 11) is 0. The van der Waals surface area contributed by atoms with Gasteiger partial charge in [0.2, 0.25) is 0 Å². The Labute approximate surface area is 574 Å². The van der Waals surface area contributed by atoms with E-state index >= 15 is 79.0 Å². The molecular formula is C84H47F18N. The summed E-state index contributed by atoms with van der Waals surface area (Å²) in [5.41, 5.74) is -24.2. The summed E-state index contributed by atoms with van der Waals surface area (Å²) in [5, 5.41) is 4.05. The number of benzene rings is 14. The molecule has 0 bridgehead atoms. The summed E-state index contributed by atoms with van der Waals surface area (Å²) in [4.78, 5) is -0.853. The highest BCUT2D eigenvalue weighted by atomic mass is 19.4. The molecule has 0 heterocycles. The van der Waals surface area contributed by atoms with Crippen molar-refractivity contribution in [3.05, 3.63) is 299 Å². The zero-order valence-corrected chi connectivity index (χ0v) is 53.0. The molecule has 1 aliphatic rings. The lowest BCUT2D eigenvalue weighted by molar-refractivity contribution is -0.141. The zero-order valence-electron chi connectivity index (χ0n) is 53.0. The minimum atomic E-state index is -6.22. The van der Waals surface area contributed by atoms with Gasteiger partial charge in [0.1, 0.15) is 0 Å². The van der Waals surface area contributed by atoms with Crippen molar-refractivity contribution >= 4 is 77.0 Å². The van der Waals surface area contributed by atoms with Gasteiger partial charge < -0.3 is 4.90 Å². The molecule has 14 aromatic carbocycles. The van der Waals surface area contributed by atoms with Gasteiger partial charge in [-0.25, -0.2) is 0 Å².